The lowest BCUT2D eigenvalue weighted by atomic mass is 9.88. The highest BCUT2D eigenvalue weighted by atomic mass is 32.1. The van der Waals surface area contributed by atoms with Gasteiger partial charge in [0.25, 0.3) is 0 Å². The smallest absolute Gasteiger partial charge is 0.0598 e. The van der Waals surface area contributed by atoms with Crippen molar-refractivity contribution >= 4 is 11.3 Å². The van der Waals surface area contributed by atoms with Crippen molar-refractivity contribution in [2.75, 3.05) is 6.54 Å². The van der Waals surface area contributed by atoms with Gasteiger partial charge in [-0.3, -0.25) is 4.90 Å². The zero-order valence-corrected chi connectivity index (χ0v) is 13.7. The van der Waals surface area contributed by atoms with Gasteiger partial charge < -0.3 is 5.73 Å². The summed E-state index contributed by atoms with van der Waals surface area (Å²) in [5, 5.41) is 2.23. The first kappa shape index (κ1) is 14.6. The van der Waals surface area contributed by atoms with E-state index in [1.54, 1.807) is 0 Å². The highest BCUT2D eigenvalue weighted by Gasteiger charge is 2.40. The van der Waals surface area contributed by atoms with Gasteiger partial charge >= 0.3 is 0 Å². The van der Waals surface area contributed by atoms with Crippen LogP contribution < -0.4 is 5.73 Å². The summed E-state index contributed by atoms with van der Waals surface area (Å²) in [5.74, 6) is 0.940. The van der Waals surface area contributed by atoms with E-state index in [1.165, 1.54) is 49.1 Å². The van der Waals surface area contributed by atoms with Gasteiger partial charge in [-0.15, -0.1) is 11.3 Å². The Balaban J connectivity index is 1.90. The lowest BCUT2D eigenvalue weighted by molar-refractivity contribution is 0.0551. The molecule has 3 heteroatoms. The highest BCUT2D eigenvalue weighted by Crippen LogP contribution is 2.43. The third-order valence-electron chi connectivity index (χ3n) is 5.44. The Morgan fingerprint density at radius 2 is 2.15 bits per heavy atom. The molecule has 0 amide bonds. The van der Waals surface area contributed by atoms with Gasteiger partial charge in [0.15, 0.2) is 0 Å². The first-order valence-corrected chi connectivity index (χ1v) is 9.15. The molecule has 2 N–H and O–H groups in total. The zero-order chi connectivity index (χ0) is 14.1. The van der Waals surface area contributed by atoms with Gasteiger partial charge in [0.1, 0.15) is 0 Å². The second-order valence-electron chi connectivity index (χ2n) is 6.62. The molecule has 3 rings (SSSR count). The van der Waals surface area contributed by atoms with E-state index >= 15 is 0 Å². The van der Waals surface area contributed by atoms with Crippen LogP contribution in [0.15, 0.2) is 11.4 Å². The number of rotatable bonds is 4. The molecule has 20 heavy (non-hydrogen) atoms. The topological polar surface area (TPSA) is 29.3 Å². The first-order chi connectivity index (χ1) is 9.72. The maximum atomic E-state index is 6.56. The third-order valence-corrected chi connectivity index (χ3v) is 6.53. The van der Waals surface area contributed by atoms with Crippen LogP contribution >= 0.6 is 11.3 Å². The molecule has 1 aromatic heterocycles. The van der Waals surface area contributed by atoms with Gasteiger partial charge in [0, 0.05) is 17.0 Å². The van der Waals surface area contributed by atoms with Crippen molar-refractivity contribution in [1.82, 2.24) is 4.90 Å². The van der Waals surface area contributed by atoms with Crippen molar-refractivity contribution < 1.29 is 0 Å². The van der Waals surface area contributed by atoms with Crippen LogP contribution in [-0.2, 0) is 0 Å². The molecular formula is C17H28N2S. The maximum Gasteiger partial charge on any atom is 0.0598 e. The third kappa shape index (κ3) is 2.56. The Kier molecular flexibility index (Phi) is 4.49. The van der Waals surface area contributed by atoms with E-state index in [2.05, 4.69) is 30.2 Å². The largest absolute Gasteiger partial charge is 0.326 e. The van der Waals surface area contributed by atoms with Crippen molar-refractivity contribution in [3.05, 3.63) is 21.9 Å². The normalized spacial score (nSPS) is 30.1. The number of hydrogen-bond acceptors (Lipinski definition) is 3. The van der Waals surface area contributed by atoms with Gasteiger partial charge in [0.2, 0.25) is 0 Å². The number of nitrogens with zero attached hydrogens (tertiary/aromatic N) is 1. The van der Waals surface area contributed by atoms with Crippen molar-refractivity contribution in [1.29, 1.82) is 0 Å². The minimum atomic E-state index is 0.270. The number of aryl methyl sites for hydroxylation is 1. The predicted octanol–water partition coefficient (Wildman–Crippen LogP) is 4.10. The molecule has 112 valence electrons. The van der Waals surface area contributed by atoms with E-state index in [1.807, 2.05) is 11.3 Å². The lowest BCUT2D eigenvalue weighted by Crippen LogP contribution is -2.50. The minimum absolute atomic E-state index is 0.270. The number of thiophene rings is 1. The Bertz CT molecular complexity index is 442. The average molecular weight is 292 g/mol. The van der Waals surface area contributed by atoms with E-state index in [4.69, 9.17) is 5.73 Å². The van der Waals surface area contributed by atoms with Crippen LogP contribution in [0, 0.1) is 12.8 Å². The van der Waals surface area contributed by atoms with Gasteiger partial charge in [0.05, 0.1) is 6.04 Å². The highest BCUT2D eigenvalue weighted by molar-refractivity contribution is 7.10. The van der Waals surface area contributed by atoms with Gasteiger partial charge in [-0.2, -0.15) is 0 Å². The fourth-order valence-corrected chi connectivity index (χ4v) is 5.46. The molecular weight excluding hydrogens is 264 g/mol. The van der Waals surface area contributed by atoms with E-state index in [0.29, 0.717) is 6.04 Å². The van der Waals surface area contributed by atoms with E-state index < -0.39 is 0 Å². The summed E-state index contributed by atoms with van der Waals surface area (Å²) in [6.07, 6.45) is 8.12. The summed E-state index contributed by atoms with van der Waals surface area (Å²) in [4.78, 5) is 4.31. The Hall–Kier alpha value is -0.380. The Morgan fingerprint density at radius 1 is 1.35 bits per heavy atom. The average Bonchev–Trinajstić information content (AvgIpc) is 3.08. The molecule has 2 heterocycles. The minimum Gasteiger partial charge on any atom is -0.326 e. The molecule has 1 aliphatic heterocycles. The van der Waals surface area contributed by atoms with E-state index in [0.717, 1.165) is 18.4 Å². The Morgan fingerprint density at radius 3 is 2.85 bits per heavy atom. The Labute approximate surface area is 127 Å². The van der Waals surface area contributed by atoms with Crippen molar-refractivity contribution in [2.24, 2.45) is 11.7 Å². The first-order valence-electron chi connectivity index (χ1n) is 8.27. The predicted molar refractivity (Wildman–Crippen MR) is 87.1 cm³/mol. The molecule has 2 nitrogen and oxygen atoms in total. The molecule has 2 fully saturated rings. The fraction of sp³-hybridized carbons (Fsp3) is 0.765. The van der Waals surface area contributed by atoms with E-state index in [9.17, 15) is 0 Å². The number of hydrogen-bond donors (Lipinski definition) is 1. The molecule has 1 saturated carbocycles. The quantitative estimate of drug-likeness (QED) is 0.905. The number of nitrogens with two attached hydrogens (primary N) is 1. The second kappa shape index (κ2) is 6.17. The summed E-state index contributed by atoms with van der Waals surface area (Å²) >= 11 is 1.91. The number of likely N-dealkylation sites (tertiary alicyclic amines) is 1. The number of fused-ring (bicyclic) bond motifs is 1. The van der Waals surface area contributed by atoms with Crippen LogP contribution in [0.2, 0.25) is 0 Å². The van der Waals surface area contributed by atoms with Crippen LogP contribution in [0.1, 0.15) is 61.9 Å². The van der Waals surface area contributed by atoms with E-state index in [-0.39, 0.29) is 6.04 Å². The SMILES string of the molecule is CCC(N)C(c1sccc1C)N1CCCC2CCCC21. The molecule has 2 aliphatic rings. The molecule has 0 bridgehead atoms. The van der Waals surface area contributed by atoms with Crippen LogP contribution in [0.3, 0.4) is 0 Å². The summed E-state index contributed by atoms with van der Waals surface area (Å²) in [6.45, 7) is 5.73. The molecule has 1 aromatic rings. The fourth-order valence-electron chi connectivity index (χ4n) is 4.34. The molecule has 1 aliphatic carbocycles. The zero-order valence-electron chi connectivity index (χ0n) is 12.8. The molecule has 4 atom stereocenters. The molecule has 0 aromatic carbocycles. The molecule has 1 saturated heterocycles. The second-order valence-corrected chi connectivity index (χ2v) is 7.57. The molecule has 0 radical (unpaired) electrons. The van der Waals surface area contributed by atoms with Crippen LogP contribution in [0.25, 0.3) is 0 Å². The van der Waals surface area contributed by atoms with Gasteiger partial charge in [-0.05, 0) is 68.5 Å². The summed E-state index contributed by atoms with van der Waals surface area (Å²) in [5.41, 5.74) is 7.99. The monoisotopic (exact) mass is 292 g/mol. The summed E-state index contributed by atoms with van der Waals surface area (Å²) in [6, 6.07) is 3.77. The molecule has 0 spiro atoms. The van der Waals surface area contributed by atoms with Crippen molar-refractivity contribution in [2.45, 2.75) is 70.5 Å². The van der Waals surface area contributed by atoms with Crippen molar-refractivity contribution in [3.63, 3.8) is 0 Å². The van der Waals surface area contributed by atoms with Gasteiger partial charge in [-0.1, -0.05) is 13.3 Å². The maximum absolute atomic E-state index is 6.56. The standard InChI is InChI=1S/C17H28N2S/c1-3-14(18)16(17-12(2)9-11-20-17)19-10-5-7-13-6-4-8-15(13)19/h9,11,13-16H,3-8,10,18H2,1-2H3. The van der Waals surface area contributed by atoms with Crippen LogP contribution in [0.4, 0.5) is 0 Å². The van der Waals surface area contributed by atoms with Gasteiger partial charge in [-0.25, -0.2) is 0 Å². The van der Waals surface area contributed by atoms with Crippen LogP contribution in [0.5, 0.6) is 0 Å². The molecule has 4 unspecified atom stereocenters. The summed E-state index contributed by atoms with van der Waals surface area (Å²) in [7, 11) is 0. The summed E-state index contributed by atoms with van der Waals surface area (Å²) < 4.78 is 0. The van der Waals surface area contributed by atoms with Crippen LogP contribution in [-0.4, -0.2) is 23.5 Å². The lowest BCUT2D eigenvalue weighted by Gasteiger charge is -2.44. The number of piperidine rings is 1. The van der Waals surface area contributed by atoms with Crippen molar-refractivity contribution in [3.8, 4) is 0 Å².